The second kappa shape index (κ2) is 4.94. The third-order valence-corrected chi connectivity index (χ3v) is 3.94. The minimum absolute atomic E-state index is 1.06. The molecule has 1 aliphatic carbocycles. The van der Waals surface area contributed by atoms with Crippen molar-refractivity contribution in [2.24, 2.45) is 5.92 Å². The van der Waals surface area contributed by atoms with Crippen molar-refractivity contribution in [2.45, 2.75) is 39.2 Å². The van der Waals surface area contributed by atoms with Crippen molar-refractivity contribution in [1.29, 1.82) is 0 Å². The van der Waals surface area contributed by atoms with E-state index in [0.29, 0.717) is 0 Å². The first-order valence-corrected chi connectivity index (χ1v) is 6.48. The third kappa shape index (κ3) is 3.10. The molecule has 0 atom stereocenters. The lowest BCUT2D eigenvalue weighted by molar-refractivity contribution is 0.596. The molecule has 1 heterocycles. The lowest BCUT2D eigenvalue weighted by Gasteiger charge is -2.03. The second-order valence-corrected chi connectivity index (χ2v) is 5.29. The van der Waals surface area contributed by atoms with Gasteiger partial charge >= 0.3 is 0 Å². The van der Waals surface area contributed by atoms with Crippen molar-refractivity contribution in [1.82, 2.24) is 5.32 Å². The highest BCUT2D eigenvalue weighted by molar-refractivity contribution is 7.10. The summed E-state index contributed by atoms with van der Waals surface area (Å²) in [4.78, 5) is 1.50. The first-order chi connectivity index (χ1) is 6.86. The lowest BCUT2D eigenvalue weighted by Crippen LogP contribution is -2.14. The molecule has 1 aliphatic rings. The van der Waals surface area contributed by atoms with Gasteiger partial charge in [-0.15, -0.1) is 11.3 Å². The van der Waals surface area contributed by atoms with E-state index in [0.717, 1.165) is 12.5 Å². The molecule has 1 N–H and O–H groups in total. The summed E-state index contributed by atoms with van der Waals surface area (Å²) in [5.41, 5.74) is 1.43. The molecule has 0 amide bonds. The van der Waals surface area contributed by atoms with E-state index in [1.165, 1.54) is 42.7 Å². The average molecular weight is 209 g/mol. The molecular formula is C12H19NS. The average Bonchev–Trinajstić information content (AvgIpc) is 2.91. The highest BCUT2D eigenvalue weighted by Gasteiger charge is 2.19. The van der Waals surface area contributed by atoms with Crippen LogP contribution in [0.5, 0.6) is 0 Å². The summed E-state index contributed by atoms with van der Waals surface area (Å²) in [5.74, 6) is 1.08. The molecule has 2 heteroatoms. The summed E-state index contributed by atoms with van der Waals surface area (Å²) in [5, 5.41) is 5.70. The number of aryl methyl sites for hydroxylation is 1. The minimum atomic E-state index is 1.06. The summed E-state index contributed by atoms with van der Waals surface area (Å²) in [6, 6.07) is 2.20. The van der Waals surface area contributed by atoms with Gasteiger partial charge in [-0.1, -0.05) is 12.8 Å². The van der Waals surface area contributed by atoms with Crippen LogP contribution in [0.4, 0.5) is 0 Å². The summed E-state index contributed by atoms with van der Waals surface area (Å²) < 4.78 is 0. The molecule has 1 aromatic rings. The topological polar surface area (TPSA) is 12.0 Å². The van der Waals surface area contributed by atoms with Crippen LogP contribution in [0, 0.1) is 12.8 Å². The van der Waals surface area contributed by atoms with Crippen LogP contribution >= 0.6 is 11.3 Å². The normalized spacial score (nSPS) is 16.1. The van der Waals surface area contributed by atoms with Gasteiger partial charge in [0.05, 0.1) is 0 Å². The Morgan fingerprint density at radius 1 is 1.50 bits per heavy atom. The van der Waals surface area contributed by atoms with Crippen molar-refractivity contribution in [3.8, 4) is 0 Å². The maximum absolute atomic E-state index is 3.52. The van der Waals surface area contributed by atoms with E-state index in [1.54, 1.807) is 0 Å². The molecule has 0 saturated heterocycles. The SMILES string of the molecule is Cc1ccsc1CNCCCC1CC1. The molecule has 0 bridgehead atoms. The molecular weight excluding hydrogens is 190 g/mol. The molecule has 1 saturated carbocycles. The molecule has 14 heavy (non-hydrogen) atoms. The Balaban J connectivity index is 1.56. The Kier molecular flexibility index (Phi) is 3.60. The van der Waals surface area contributed by atoms with Crippen LogP contribution in [0.15, 0.2) is 11.4 Å². The maximum Gasteiger partial charge on any atom is 0.0302 e. The predicted octanol–water partition coefficient (Wildman–Crippen LogP) is 3.34. The standard InChI is InChI=1S/C12H19NS/c1-10-6-8-14-12(10)9-13-7-2-3-11-4-5-11/h6,8,11,13H,2-5,7,9H2,1H3. The van der Waals surface area contributed by atoms with E-state index in [9.17, 15) is 0 Å². The van der Waals surface area contributed by atoms with Gasteiger partial charge < -0.3 is 5.32 Å². The van der Waals surface area contributed by atoms with Gasteiger partial charge in [0.15, 0.2) is 0 Å². The molecule has 0 radical (unpaired) electrons. The van der Waals surface area contributed by atoms with Gasteiger partial charge in [-0.3, -0.25) is 0 Å². The van der Waals surface area contributed by atoms with Crippen LogP contribution in [0.25, 0.3) is 0 Å². The van der Waals surface area contributed by atoms with E-state index < -0.39 is 0 Å². The van der Waals surface area contributed by atoms with Crippen LogP contribution in [0.3, 0.4) is 0 Å². The monoisotopic (exact) mass is 209 g/mol. The second-order valence-electron chi connectivity index (χ2n) is 4.29. The molecule has 1 fully saturated rings. The van der Waals surface area contributed by atoms with Crippen molar-refractivity contribution in [3.05, 3.63) is 21.9 Å². The Labute approximate surface area is 90.5 Å². The Bertz CT molecular complexity index is 276. The summed E-state index contributed by atoms with van der Waals surface area (Å²) in [6.45, 7) is 4.44. The van der Waals surface area contributed by atoms with Gasteiger partial charge in [0, 0.05) is 11.4 Å². The van der Waals surface area contributed by atoms with Crippen LogP contribution in [0.2, 0.25) is 0 Å². The van der Waals surface area contributed by atoms with Crippen LogP contribution in [0.1, 0.15) is 36.1 Å². The van der Waals surface area contributed by atoms with Crippen molar-refractivity contribution in [2.75, 3.05) is 6.54 Å². The molecule has 1 nitrogen and oxygen atoms in total. The summed E-state index contributed by atoms with van der Waals surface area (Å²) >= 11 is 1.86. The smallest absolute Gasteiger partial charge is 0.0302 e. The lowest BCUT2D eigenvalue weighted by atomic mass is 10.2. The zero-order valence-electron chi connectivity index (χ0n) is 8.88. The molecule has 2 rings (SSSR count). The maximum atomic E-state index is 3.52. The van der Waals surface area contributed by atoms with Gasteiger partial charge in [0.25, 0.3) is 0 Å². The molecule has 0 aromatic carbocycles. The van der Waals surface area contributed by atoms with E-state index in [1.807, 2.05) is 11.3 Å². The third-order valence-electron chi connectivity index (χ3n) is 2.92. The Morgan fingerprint density at radius 2 is 2.36 bits per heavy atom. The first kappa shape index (κ1) is 10.2. The fourth-order valence-electron chi connectivity index (χ4n) is 1.71. The van der Waals surface area contributed by atoms with Crippen molar-refractivity contribution < 1.29 is 0 Å². The molecule has 1 aromatic heterocycles. The Hall–Kier alpha value is -0.340. The predicted molar refractivity (Wildman–Crippen MR) is 62.7 cm³/mol. The molecule has 0 spiro atoms. The van der Waals surface area contributed by atoms with E-state index in [-0.39, 0.29) is 0 Å². The number of rotatable bonds is 6. The highest BCUT2D eigenvalue weighted by Crippen LogP contribution is 2.33. The van der Waals surface area contributed by atoms with E-state index in [4.69, 9.17) is 0 Å². The van der Waals surface area contributed by atoms with Gasteiger partial charge in [-0.2, -0.15) is 0 Å². The zero-order chi connectivity index (χ0) is 9.80. The van der Waals surface area contributed by atoms with E-state index >= 15 is 0 Å². The molecule has 78 valence electrons. The zero-order valence-corrected chi connectivity index (χ0v) is 9.70. The number of thiophene rings is 1. The fourth-order valence-corrected chi connectivity index (χ4v) is 2.59. The Morgan fingerprint density at radius 3 is 3.00 bits per heavy atom. The van der Waals surface area contributed by atoms with Crippen LogP contribution in [-0.2, 0) is 6.54 Å². The van der Waals surface area contributed by atoms with Crippen molar-refractivity contribution >= 4 is 11.3 Å². The van der Waals surface area contributed by atoms with E-state index in [2.05, 4.69) is 23.7 Å². The quantitative estimate of drug-likeness (QED) is 0.709. The first-order valence-electron chi connectivity index (χ1n) is 5.60. The minimum Gasteiger partial charge on any atom is -0.312 e. The number of hydrogen-bond acceptors (Lipinski definition) is 2. The highest BCUT2D eigenvalue weighted by atomic mass is 32.1. The van der Waals surface area contributed by atoms with Crippen LogP contribution < -0.4 is 5.32 Å². The fraction of sp³-hybridized carbons (Fsp3) is 0.667. The van der Waals surface area contributed by atoms with Crippen molar-refractivity contribution in [3.63, 3.8) is 0 Å². The van der Waals surface area contributed by atoms with Crippen LogP contribution in [-0.4, -0.2) is 6.54 Å². The van der Waals surface area contributed by atoms with Gasteiger partial charge in [-0.05, 0) is 49.2 Å². The number of hydrogen-bond donors (Lipinski definition) is 1. The molecule has 0 unspecified atom stereocenters. The largest absolute Gasteiger partial charge is 0.312 e. The van der Waals surface area contributed by atoms with Gasteiger partial charge in [-0.25, -0.2) is 0 Å². The van der Waals surface area contributed by atoms with Gasteiger partial charge in [0.2, 0.25) is 0 Å². The number of nitrogens with one attached hydrogen (secondary N) is 1. The molecule has 0 aliphatic heterocycles. The summed E-state index contributed by atoms with van der Waals surface area (Å²) in [6.07, 6.45) is 5.78. The summed E-state index contributed by atoms with van der Waals surface area (Å²) in [7, 11) is 0. The van der Waals surface area contributed by atoms with Gasteiger partial charge in [0.1, 0.15) is 0 Å².